The van der Waals surface area contributed by atoms with Gasteiger partial charge in [0.05, 0.1) is 12.3 Å². The Morgan fingerprint density at radius 3 is 2.93 bits per heavy atom. The molecule has 4 rings (SSSR count). The Morgan fingerprint density at radius 2 is 2.07 bits per heavy atom. The molecule has 0 N–H and O–H groups in total. The molecule has 27 heavy (non-hydrogen) atoms. The van der Waals surface area contributed by atoms with Gasteiger partial charge in [-0.2, -0.15) is 4.99 Å². The Labute approximate surface area is 163 Å². The number of tetrazole rings is 1. The average Bonchev–Trinajstić information content (AvgIpc) is 3.29. The number of carbonyl (C=O) groups excluding carboxylic acids is 1. The van der Waals surface area contributed by atoms with Gasteiger partial charge in [0.2, 0.25) is 5.16 Å². The van der Waals surface area contributed by atoms with Crippen LogP contribution < -0.4 is 4.80 Å². The molecule has 2 heterocycles. The van der Waals surface area contributed by atoms with E-state index in [0.717, 1.165) is 0 Å². The Bertz CT molecular complexity index is 1150. The van der Waals surface area contributed by atoms with Gasteiger partial charge < -0.3 is 4.57 Å². The van der Waals surface area contributed by atoms with Crippen molar-refractivity contribution in [2.24, 2.45) is 12.0 Å². The predicted octanol–water partition coefficient (Wildman–Crippen LogP) is 2.49. The van der Waals surface area contributed by atoms with Gasteiger partial charge in [0.1, 0.15) is 0 Å². The van der Waals surface area contributed by atoms with Crippen LogP contribution in [0.5, 0.6) is 0 Å². The van der Waals surface area contributed by atoms with Crippen LogP contribution in [0.1, 0.15) is 5.56 Å². The van der Waals surface area contributed by atoms with Gasteiger partial charge in [-0.05, 0) is 26.8 Å². The van der Waals surface area contributed by atoms with Crippen LogP contribution in [0.2, 0.25) is 0 Å². The van der Waals surface area contributed by atoms with Gasteiger partial charge in [-0.15, -0.1) is 16.4 Å². The number of amides is 1. The second kappa shape index (κ2) is 7.85. The third kappa shape index (κ3) is 3.99. The molecule has 0 saturated carbocycles. The first-order chi connectivity index (χ1) is 13.2. The van der Waals surface area contributed by atoms with Crippen molar-refractivity contribution in [2.75, 3.05) is 5.75 Å². The van der Waals surface area contributed by atoms with E-state index in [1.54, 1.807) is 7.05 Å². The topological polar surface area (TPSA) is 78.0 Å². The molecule has 2 aromatic carbocycles. The molecule has 0 radical (unpaired) electrons. The van der Waals surface area contributed by atoms with Gasteiger partial charge in [0.15, 0.2) is 4.80 Å². The largest absolute Gasteiger partial charge is 0.319 e. The number of carbonyl (C=O) groups is 1. The zero-order chi connectivity index (χ0) is 18.6. The number of hydrogen-bond donors (Lipinski definition) is 0. The highest BCUT2D eigenvalue weighted by Crippen LogP contribution is 2.19. The number of thioether (sulfide) groups is 1. The fourth-order valence-corrected chi connectivity index (χ4v) is 4.11. The molecule has 0 aliphatic carbocycles. The molecule has 0 unspecified atom stereocenters. The first kappa shape index (κ1) is 17.6. The Hall–Kier alpha value is -2.78. The third-order valence-corrected chi connectivity index (χ3v) is 5.80. The average molecular weight is 397 g/mol. The van der Waals surface area contributed by atoms with Crippen LogP contribution >= 0.6 is 23.1 Å². The SMILES string of the molecule is Cn1nnnc1SCC(=O)N=c1sccn1Cc1cccc2ccccc12. The van der Waals surface area contributed by atoms with Crippen molar-refractivity contribution in [3.63, 3.8) is 0 Å². The van der Waals surface area contributed by atoms with Crippen molar-refractivity contribution >= 4 is 39.8 Å². The van der Waals surface area contributed by atoms with Gasteiger partial charge in [0, 0.05) is 18.6 Å². The summed E-state index contributed by atoms with van der Waals surface area (Å²) in [5.41, 5.74) is 1.19. The minimum absolute atomic E-state index is 0.195. The van der Waals surface area contributed by atoms with Crippen molar-refractivity contribution in [3.8, 4) is 0 Å². The molecule has 0 aliphatic rings. The molecular weight excluding hydrogens is 380 g/mol. The first-order valence-electron chi connectivity index (χ1n) is 8.24. The monoisotopic (exact) mass is 396 g/mol. The molecule has 0 bridgehead atoms. The maximum Gasteiger partial charge on any atom is 0.258 e. The van der Waals surface area contributed by atoms with E-state index >= 15 is 0 Å². The number of hydrogen-bond acceptors (Lipinski definition) is 6. The summed E-state index contributed by atoms with van der Waals surface area (Å²) in [5.74, 6) is -0.0162. The highest BCUT2D eigenvalue weighted by molar-refractivity contribution is 7.99. The second-order valence-corrected chi connectivity index (χ2v) is 7.65. The Kier molecular flexibility index (Phi) is 5.12. The summed E-state index contributed by atoms with van der Waals surface area (Å²) in [4.78, 5) is 17.2. The van der Waals surface area contributed by atoms with E-state index in [2.05, 4.69) is 50.8 Å². The molecule has 1 amide bonds. The Morgan fingerprint density at radius 1 is 1.22 bits per heavy atom. The summed E-state index contributed by atoms with van der Waals surface area (Å²) < 4.78 is 3.53. The third-order valence-electron chi connectivity index (χ3n) is 4.01. The summed E-state index contributed by atoms with van der Waals surface area (Å²) >= 11 is 2.72. The molecule has 0 aliphatic heterocycles. The summed E-state index contributed by atoms with van der Waals surface area (Å²) in [5, 5.41) is 16.1. The molecule has 0 spiro atoms. The molecule has 7 nitrogen and oxygen atoms in total. The zero-order valence-electron chi connectivity index (χ0n) is 14.5. The lowest BCUT2D eigenvalue weighted by Crippen LogP contribution is -2.17. The lowest BCUT2D eigenvalue weighted by molar-refractivity contribution is -0.115. The normalized spacial score (nSPS) is 12.0. The van der Waals surface area contributed by atoms with Gasteiger partial charge >= 0.3 is 0 Å². The lowest BCUT2D eigenvalue weighted by atomic mass is 10.0. The number of rotatable bonds is 5. The number of nitrogens with zero attached hydrogens (tertiary/aromatic N) is 6. The molecule has 9 heteroatoms. The van der Waals surface area contributed by atoms with E-state index in [1.165, 1.54) is 44.1 Å². The first-order valence-corrected chi connectivity index (χ1v) is 10.1. The van der Waals surface area contributed by atoms with E-state index in [1.807, 2.05) is 28.3 Å². The van der Waals surface area contributed by atoms with E-state index < -0.39 is 0 Å². The fourth-order valence-electron chi connectivity index (χ4n) is 2.73. The molecule has 0 fully saturated rings. The van der Waals surface area contributed by atoms with E-state index in [0.29, 0.717) is 16.5 Å². The van der Waals surface area contributed by atoms with Gasteiger partial charge in [0.25, 0.3) is 5.91 Å². The second-order valence-electron chi connectivity index (χ2n) is 5.83. The maximum atomic E-state index is 12.3. The fraction of sp³-hybridized carbons (Fsp3) is 0.167. The standard InChI is InChI=1S/C18H16N6OS2/c1-23-18(20-21-22-23)27-12-16(25)19-17-24(9-10-26-17)11-14-7-4-6-13-5-2-3-8-15(13)14/h2-10H,11-12H2,1H3. The molecule has 0 atom stereocenters. The van der Waals surface area contributed by atoms with Crippen molar-refractivity contribution in [3.05, 3.63) is 64.4 Å². The van der Waals surface area contributed by atoms with Crippen LogP contribution in [-0.2, 0) is 18.4 Å². The highest BCUT2D eigenvalue weighted by Gasteiger charge is 2.08. The van der Waals surface area contributed by atoms with E-state index in [9.17, 15) is 4.79 Å². The molecule has 136 valence electrons. The van der Waals surface area contributed by atoms with Crippen LogP contribution in [0, 0.1) is 0 Å². The van der Waals surface area contributed by atoms with E-state index in [4.69, 9.17) is 0 Å². The number of benzene rings is 2. The summed E-state index contributed by atoms with van der Waals surface area (Å²) in [6, 6.07) is 14.6. The van der Waals surface area contributed by atoms with Crippen LogP contribution in [0.3, 0.4) is 0 Å². The Balaban J connectivity index is 1.54. The molecule has 0 saturated heterocycles. The highest BCUT2D eigenvalue weighted by atomic mass is 32.2. The maximum absolute atomic E-state index is 12.3. The van der Waals surface area contributed by atoms with Crippen molar-refractivity contribution < 1.29 is 4.79 Å². The smallest absolute Gasteiger partial charge is 0.258 e. The zero-order valence-corrected chi connectivity index (χ0v) is 16.2. The van der Waals surface area contributed by atoms with Gasteiger partial charge in [-0.25, -0.2) is 4.68 Å². The molecule has 4 aromatic rings. The van der Waals surface area contributed by atoms with Crippen LogP contribution in [0.15, 0.2) is 64.2 Å². The quantitative estimate of drug-likeness (QED) is 0.484. The van der Waals surface area contributed by atoms with Crippen LogP contribution in [0.25, 0.3) is 10.8 Å². The molecular formula is C18H16N6OS2. The molecule has 2 aromatic heterocycles. The van der Waals surface area contributed by atoms with Crippen molar-refractivity contribution in [1.29, 1.82) is 0 Å². The predicted molar refractivity (Wildman–Crippen MR) is 105 cm³/mol. The number of thiazole rings is 1. The summed E-state index contributed by atoms with van der Waals surface area (Å²) in [6.07, 6.45) is 1.96. The van der Waals surface area contributed by atoms with E-state index in [-0.39, 0.29) is 11.7 Å². The van der Waals surface area contributed by atoms with Crippen LogP contribution in [-0.4, -0.2) is 36.4 Å². The van der Waals surface area contributed by atoms with Crippen molar-refractivity contribution in [1.82, 2.24) is 24.8 Å². The minimum Gasteiger partial charge on any atom is -0.319 e. The van der Waals surface area contributed by atoms with Crippen molar-refractivity contribution in [2.45, 2.75) is 11.7 Å². The summed E-state index contributed by atoms with van der Waals surface area (Å²) in [7, 11) is 1.74. The number of aryl methyl sites for hydroxylation is 1. The number of fused-ring (bicyclic) bond motifs is 1. The van der Waals surface area contributed by atoms with Crippen LogP contribution in [0.4, 0.5) is 0 Å². The lowest BCUT2D eigenvalue weighted by Gasteiger charge is -2.07. The van der Waals surface area contributed by atoms with Gasteiger partial charge in [-0.3, -0.25) is 4.79 Å². The minimum atomic E-state index is -0.211. The van der Waals surface area contributed by atoms with Gasteiger partial charge in [-0.1, -0.05) is 54.2 Å². The number of aromatic nitrogens is 5. The summed E-state index contributed by atoms with van der Waals surface area (Å²) in [6.45, 7) is 0.664.